The maximum Gasteiger partial charge on any atom is 0.247 e. The van der Waals surface area contributed by atoms with Crippen molar-refractivity contribution in [2.75, 3.05) is 13.7 Å². The summed E-state index contributed by atoms with van der Waals surface area (Å²) in [6, 6.07) is 7.66. The van der Waals surface area contributed by atoms with Gasteiger partial charge in [0.05, 0.1) is 7.11 Å². The highest BCUT2D eigenvalue weighted by molar-refractivity contribution is 5.99. The first-order valence-corrected chi connectivity index (χ1v) is 4.92. The molecule has 1 fully saturated rings. The van der Waals surface area contributed by atoms with Crippen molar-refractivity contribution in [3.8, 4) is 5.75 Å². The minimum atomic E-state index is 0.0471. The van der Waals surface area contributed by atoms with Gasteiger partial charge in [-0.15, -0.1) is 0 Å². The van der Waals surface area contributed by atoms with Crippen LogP contribution in [0.25, 0.3) is 6.08 Å². The van der Waals surface area contributed by atoms with Gasteiger partial charge in [-0.3, -0.25) is 4.79 Å². The van der Waals surface area contributed by atoms with Gasteiger partial charge < -0.3 is 10.1 Å². The summed E-state index contributed by atoms with van der Waals surface area (Å²) in [5, 5.41) is 2.78. The van der Waals surface area contributed by atoms with Gasteiger partial charge in [-0.05, 0) is 30.2 Å². The van der Waals surface area contributed by atoms with Crippen LogP contribution in [0.15, 0.2) is 29.8 Å². The zero-order valence-corrected chi connectivity index (χ0v) is 8.62. The average molecular weight is 203 g/mol. The van der Waals surface area contributed by atoms with Crippen LogP contribution in [-0.2, 0) is 4.79 Å². The zero-order valence-electron chi connectivity index (χ0n) is 8.62. The molecule has 1 amide bonds. The lowest BCUT2D eigenvalue weighted by molar-refractivity contribution is -0.116. The van der Waals surface area contributed by atoms with Gasteiger partial charge in [0.15, 0.2) is 0 Å². The van der Waals surface area contributed by atoms with Gasteiger partial charge >= 0.3 is 0 Å². The van der Waals surface area contributed by atoms with Crippen molar-refractivity contribution in [1.82, 2.24) is 5.32 Å². The maximum atomic E-state index is 11.3. The van der Waals surface area contributed by atoms with Crippen LogP contribution >= 0.6 is 0 Å². The molecule has 1 aliphatic rings. The van der Waals surface area contributed by atoms with Crippen molar-refractivity contribution in [2.24, 2.45) is 0 Å². The molecular weight excluding hydrogens is 190 g/mol. The Kier molecular flexibility index (Phi) is 2.72. The van der Waals surface area contributed by atoms with Crippen molar-refractivity contribution in [3.63, 3.8) is 0 Å². The van der Waals surface area contributed by atoms with E-state index in [1.807, 2.05) is 30.3 Å². The molecule has 0 aromatic heterocycles. The lowest BCUT2D eigenvalue weighted by atomic mass is 10.1. The predicted molar refractivity (Wildman–Crippen MR) is 58.6 cm³/mol. The van der Waals surface area contributed by atoms with Gasteiger partial charge in [0, 0.05) is 12.1 Å². The van der Waals surface area contributed by atoms with Crippen molar-refractivity contribution >= 4 is 12.0 Å². The summed E-state index contributed by atoms with van der Waals surface area (Å²) in [4.78, 5) is 11.3. The average Bonchev–Trinajstić information content (AvgIpc) is 2.66. The van der Waals surface area contributed by atoms with Gasteiger partial charge in [-0.25, -0.2) is 0 Å². The van der Waals surface area contributed by atoms with Crippen LogP contribution in [0.1, 0.15) is 12.0 Å². The van der Waals surface area contributed by atoms with Crippen LogP contribution in [0.3, 0.4) is 0 Å². The van der Waals surface area contributed by atoms with Gasteiger partial charge in [0.25, 0.3) is 0 Å². The highest BCUT2D eigenvalue weighted by atomic mass is 16.5. The topological polar surface area (TPSA) is 38.3 Å². The third-order valence-electron chi connectivity index (χ3n) is 2.43. The second-order valence-corrected chi connectivity index (χ2v) is 3.45. The molecule has 2 rings (SSSR count). The normalized spacial score (nSPS) is 17.9. The number of amides is 1. The molecule has 3 heteroatoms. The Morgan fingerprint density at radius 3 is 2.60 bits per heavy atom. The van der Waals surface area contributed by atoms with Crippen LogP contribution in [0.5, 0.6) is 5.75 Å². The van der Waals surface area contributed by atoms with E-state index in [-0.39, 0.29) is 5.91 Å². The monoisotopic (exact) mass is 203 g/mol. The Morgan fingerprint density at radius 2 is 2.07 bits per heavy atom. The first kappa shape index (κ1) is 9.77. The Labute approximate surface area is 88.8 Å². The van der Waals surface area contributed by atoms with Crippen molar-refractivity contribution in [3.05, 3.63) is 35.4 Å². The Hall–Kier alpha value is -1.77. The summed E-state index contributed by atoms with van der Waals surface area (Å²) in [7, 11) is 1.64. The minimum absolute atomic E-state index is 0.0471. The second-order valence-electron chi connectivity index (χ2n) is 3.45. The van der Waals surface area contributed by atoms with Crippen LogP contribution < -0.4 is 10.1 Å². The predicted octanol–water partition coefficient (Wildman–Crippen LogP) is 1.60. The molecule has 1 aromatic rings. The summed E-state index contributed by atoms with van der Waals surface area (Å²) in [6.45, 7) is 0.751. The van der Waals surface area contributed by atoms with E-state index in [9.17, 15) is 4.79 Å². The number of hydrogen-bond donors (Lipinski definition) is 1. The number of nitrogens with one attached hydrogen (secondary N) is 1. The van der Waals surface area contributed by atoms with Gasteiger partial charge in [-0.2, -0.15) is 0 Å². The third-order valence-corrected chi connectivity index (χ3v) is 2.43. The standard InChI is InChI=1S/C12H13NO2/c1-15-11-4-2-9(3-5-11)8-10-6-7-13-12(10)14/h2-5,8H,6-7H2,1H3,(H,13,14). The molecule has 0 atom stereocenters. The van der Waals surface area contributed by atoms with Gasteiger partial charge in [0.1, 0.15) is 5.75 Å². The molecule has 1 aromatic carbocycles. The minimum Gasteiger partial charge on any atom is -0.497 e. The lowest BCUT2D eigenvalue weighted by Crippen LogP contribution is -2.13. The molecule has 1 heterocycles. The Bertz CT molecular complexity index is 393. The number of ether oxygens (including phenoxy) is 1. The SMILES string of the molecule is COc1ccc(C=C2CCNC2=O)cc1. The fraction of sp³-hybridized carbons (Fsp3) is 0.250. The van der Waals surface area contributed by atoms with E-state index in [1.54, 1.807) is 7.11 Å². The number of rotatable bonds is 2. The lowest BCUT2D eigenvalue weighted by Gasteiger charge is -2.00. The smallest absolute Gasteiger partial charge is 0.247 e. The summed E-state index contributed by atoms with van der Waals surface area (Å²) in [6.07, 6.45) is 2.73. The van der Waals surface area contributed by atoms with Gasteiger partial charge in [0.2, 0.25) is 5.91 Å². The molecule has 0 radical (unpaired) electrons. The summed E-state index contributed by atoms with van der Waals surface area (Å²) in [5.41, 5.74) is 1.88. The molecule has 0 unspecified atom stereocenters. The molecular formula is C12H13NO2. The molecule has 3 nitrogen and oxygen atoms in total. The molecule has 15 heavy (non-hydrogen) atoms. The van der Waals surface area contributed by atoms with Crippen molar-refractivity contribution < 1.29 is 9.53 Å². The molecule has 1 aliphatic heterocycles. The Balaban J connectivity index is 2.20. The fourth-order valence-corrected chi connectivity index (χ4v) is 1.58. The maximum absolute atomic E-state index is 11.3. The number of hydrogen-bond acceptors (Lipinski definition) is 2. The molecule has 0 spiro atoms. The fourth-order valence-electron chi connectivity index (χ4n) is 1.58. The first-order valence-electron chi connectivity index (χ1n) is 4.92. The molecule has 78 valence electrons. The van der Waals surface area contributed by atoms with E-state index in [1.165, 1.54) is 0 Å². The summed E-state index contributed by atoms with van der Waals surface area (Å²) >= 11 is 0. The molecule has 0 aliphatic carbocycles. The highest BCUT2D eigenvalue weighted by Crippen LogP contribution is 2.16. The summed E-state index contributed by atoms with van der Waals surface area (Å²) in [5.74, 6) is 0.874. The number of methoxy groups -OCH3 is 1. The largest absolute Gasteiger partial charge is 0.497 e. The second kappa shape index (κ2) is 4.17. The van der Waals surface area contributed by atoms with Crippen LogP contribution in [-0.4, -0.2) is 19.6 Å². The van der Waals surface area contributed by atoms with Gasteiger partial charge in [-0.1, -0.05) is 12.1 Å². The summed E-state index contributed by atoms with van der Waals surface area (Å²) < 4.78 is 5.06. The van der Waals surface area contributed by atoms with E-state index in [4.69, 9.17) is 4.74 Å². The molecule has 0 saturated carbocycles. The number of carbonyl (C=O) groups is 1. The molecule has 1 saturated heterocycles. The van der Waals surface area contributed by atoms with E-state index in [2.05, 4.69) is 5.32 Å². The number of carbonyl (C=O) groups excluding carboxylic acids is 1. The van der Waals surface area contributed by atoms with E-state index in [0.717, 1.165) is 29.9 Å². The number of benzene rings is 1. The van der Waals surface area contributed by atoms with E-state index < -0.39 is 0 Å². The van der Waals surface area contributed by atoms with E-state index >= 15 is 0 Å². The van der Waals surface area contributed by atoms with Crippen LogP contribution in [0.4, 0.5) is 0 Å². The first-order chi connectivity index (χ1) is 7.29. The highest BCUT2D eigenvalue weighted by Gasteiger charge is 2.15. The van der Waals surface area contributed by atoms with Crippen LogP contribution in [0.2, 0.25) is 0 Å². The zero-order chi connectivity index (χ0) is 10.7. The van der Waals surface area contributed by atoms with Crippen molar-refractivity contribution in [2.45, 2.75) is 6.42 Å². The Morgan fingerprint density at radius 1 is 1.33 bits per heavy atom. The van der Waals surface area contributed by atoms with Crippen LogP contribution in [0, 0.1) is 0 Å². The van der Waals surface area contributed by atoms with Crippen molar-refractivity contribution in [1.29, 1.82) is 0 Å². The quantitative estimate of drug-likeness (QED) is 0.741. The third kappa shape index (κ3) is 2.18. The molecule has 0 bridgehead atoms. The van der Waals surface area contributed by atoms with E-state index in [0.29, 0.717) is 0 Å². The molecule has 1 N–H and O–H groups in total.